The molecule has 7 heteroatoms. The molecule has 0 aliphatic carbocycles. The van der Waals surface area contributed by atoms with Gasteiger partial charge < -0.3 is 9.72 Å². The predicted molar refractivity (Wildman–Crippen MR) is 112 cm³/mol. The summed E-state index contributed by atoms with van der Waals surface area (Å²) in [6.45, 7) is 10.3. The van der Waals surface area contributed by atoms with Crippen molar-refractivity contribution < 1.29 is 4.74 Å². The summed E-state index contributed by atoms with van der Waals surface area (Å²) in [4.78, 5) is 24.8. The Kier molecular flexibility index (Phi) is 6.01. The van der Waals surface area contributed by atoms with Crippen LogP contribution >= 0.6 is 11.6 Å². The van der Waals surface area contributed by atoms with Crippen molar-refractivity contribution in [3.63, 3.8) is 0 Å². The van der Waals surface area contributed by atoms with Gasteiger partial charge in [-0.15, -0.1) is 0 Å². The molecule has 2 aliphatic rings. The predicted octanol–water partition coefficient (Wildman–Crippen LogP) is 2.90. The number of aromatic amines is 1. The van der Waals surface area contributed by atoms with E-state index in [0.717, 1.165) is 44.5 Å². The Hall–Kier alpha value is -1.47. The number of H-pyrrole nitrogens is 1. The van der Waals surface area contributed by atoms with Crippen molar-refractivity contribution in [2.45, 2.75) is 45.4 Å². The van der Waals surface area contributed by atoms with E-state index in [9.17, 15) is 4.79 Å². The van der Waals surface area contributed by atoms with E-state index in [1.807, 2.05) is 6.07 Å². The summed E-state index contributed by atoms with van der Waals surface area (Å²) in [7, 11) is 0. The standard InChI is InChI=1S/C21H29ClN4O2/c1-14-10-26(11-15(2)28-14)12-16-5-7-25(8-6-16)13-20-23-19-4-3-17(22)9-18(19)21(27)24-20/h3-4,9,14-16H,5-8,10-13H2,1-2H3,(H,23,24,27). The summed E-state index contributed by atoms with van der Waals surface area (Å²) < 4.78 is 5.84. The SMILES string of the molecule is CC1CN(CC2CCN(Cc3nc4ccc(Cl)cc4c(=O)[nH]3)CC2)CC(C)O1. The molecule has 3 heterocycles. The van der Waals surface area contributed by atoms with Gasteiger partial charge >= 0.3 is 0 Å². The number of nitrogens with zero attached hydrogens (tertiary/aromatic N) is 3. The van der Waals surface area contributed by atoms with Crippen molar-refractivity contribution in [1.82, 2.24) is 19.8 Å². The number of hydrogen-bond acceptors (Lipinski definition) is 5. The monoisotopic (exact) mass is 404 g/mol. The Morgan fingerprint density at radius 1 is 1.18 bits per heavy atom. The van der Waals surface area contributed by atoms with Gasteiger partial charge in [0.15, 0.2) is 0 Å². The lowest BCUT2D eigenvalue weighted by Gasteiger charge is -2.39. The minimum absolute atomic E-state index is 0.118. The van der Waals surface area contributed by atoms with Crippen LogP contribution in [-0.2, 0) is 11.3 Å². The number of ether oxygens (including phenoxy) is 1. The van der Waals surface area contributed by atoms with Crippen LogP contribution in [0.3, 0.4) is 0 Å². The summed E-state index contributed by atoms with van der Waals surface area (Å²) >= 11 is 5.99. The van der Waals surface area contributed by atoms with Gasteiger partial charge in [-0.1, -0.05) is 11.6 Å². The highest BCUT2D eigenvalue weighted by molar-refractivity contribution is 6.31. The molecule has 4 rings (SSSR count). The zero-order valence-corrected chi connectivity index (χ0v) is 17.4. The Morgan fingerprint density at radius 2 is 1.89 bits per heavy atom. The van der Waals surface area contributed by atoms with Crippen LogP contribution in [-0.4, -0.2) is 64.7 Å². The fourth-order valence-corrected chi connectivity index (χ4v) is 4.74. The Bertz CT molecular complexity index is 868. The molecule has 2 aliphatic heterocycles. The normalized spacial score (nSPS) is 25.4. The van der Waals surface area contributed by atoms with Crippen molar-refractivity contribution in [2.75, 3.05) is 32.7 Å². The molecule has 28 heavy (non-hydrogen) atoms. The van der Waals surface area contributed by atoms with Crippen molar-refractivity contribution in [1.29, 1.82) is 0 Å². The molecule has 0 bridgehead atoms. The first-order valence-corrected chi connectivity index (χ1v) is 10.6. The molecule has 1 aromatic heterocycles. The van der Waals surface area contributed by atoms with E-state index >= 15 is 0 Å². The molecule has 0 spiro atoms. The number of fused-ring (bicyclic) bond motifs is 1. The minimum atomic E-state index is -0.118. The van der Waals surface area contributed by atoms with Crippen LogP contribution in [0.1, 0.15) is 32.5 Å². The van der Waals surface area contributed by atoms with Gasteiger partial charge in [0.2, 0.25) is 0 Å². The van der Waals surface area contributed by atoms with Gasteiger partial charge in [-0.05, 0) is 63.9 Å². The van der Waals surface area contributed by atoms with E-state index in [2.05, 4.69) is 33.6 Å². The average Bonchev–Trinajstić information content (AvgIpc) is 2.63. The summed E-state index contributed by atoms with van der Waals surface area (Å²) in [6.07, 6.45) is 3.03. The molecule has 2 unspecified atom stereocenters. The zero-order chi connectivity index (χ0) is 19.7. The smallest absolute Gasteiger partial charge is 0.258 e. The van der Waals surface area contributed by atoms with Crippen molar-refractivity contribution in [3.05, 3.63) is 39.4 Å². The molecule has 1 N–H and O–H groups in total. The number of rotatable bonds is 4. The number of hydrogen-bond donors (Lipinski definition) is 1. The molecule has 2 fully saturated rings. The maximum Gasteiger partial charge on any atom is 0.258 e. The number of piperidine rings is 1. The highest BCUT2D eigenvalue weighted by Gasteiger charge is 2.26. The molecule has 0 radical (unpaired) electrons. The number of nitrogens with one attached hydrogen (secondary N) is 1. The fraction of sp³-hybridized carbons (Fsp3) is 0.619. The first-order chi connectivity index (χ1) is 13.5. The second-order valence-corrected chi connectivity index (χ2v) is 8.81. The summed E-state index contributed by atoms with van der Waals surface area (Å²) in [6, 6.07) is 5.26. The highest BCUT2D eigenvalue weighted by Crippen LogP contribution is 2.22. The van der Waals surface area contributed by atoms with Gasteiger partial charge in [0.05, 0.1) is 29.7 Å². The Labute approximate surface area is 170 Å². The molecular formula is C21H29ClN4O2. The third-order valence-corrected chi connectivity index (χ3v) is 6.04. The zero-order valence-electron chi connectivity index (χ0n) is 16.7. The molecule has 2 aromatic rings. The third kappa shape index (κ3) is 4.74. The molecular weight excluding hydrogens is 376 g/mol. The topological polar surface area (TPSA) is 61.5 Å². The van der Waals surface area contributed by atoms with Gasteiger partial charge in [-0.2, -0.15) is 0 Å². The highest BCUT2D eigenvalue weighted by atomic mass is 35.5. The maximum absolute atomic E-state index is 12.3. The number of aromatic nitrogens is 2. The van der Waals surface area contributed by atoms with Crippen LogP contribution in [0.15, 0.2) is 23.0 Å². The van der Waals surface area contributed by atoms with Crippen LogP contribution in [0, 0.1) is 5.92 Å². The molecule has 2 saturated heterocycles. The van der Waals surface area contributed by atoms with Crippen LogP contribution in [0.4, 0.5) is 0 Å². The number of morpholine rings is 1. The number of halogens is 1. The second kappa shape index (κ2) is 8.49. The quantitative estimate of drug-likeness (QED) is 0.848. The van der Waals surface area contributed by atoms with E-state index in [0.29, 0.717) is 34.7 Å². The Balaban J connectivity index is 1.33. The van der Waals surface area contributed by atoms with E-state index in [4.69, 9.17) is 16.3 Å². The Morgan fingerprint density at radius 3 is 2.61 bits per heavy atom. The summed E-state index contributed by atoms with van der Waals surface area (Å²) in [5.41, 5.74) is 0.585. The van der Waals surface area contributed by atoms with Gasteiger partial charge in [0.1, 0.15) is 5.82 Å². The molecule has 6 nitrogen and oxygen atoms in total. The van der Waals surface area contributed by atoms with Crippen LogP contribution in [0.2, 0.25) is 5.02 Å². The van der Waals surface area contributed by atoms with Crippen LogP contribution in [0.25, 0.3) is 10.9 Å². The first kappa shape index (κ1) is 19.8. The largest absolute Gasteiger partial charge is 0.373 e. The minimum Gasteiger partial charge on any atom is -0.373 e. The van der Waals surface area contributed by atoms with Gasteiger partial charge in [-0.25, -0.2) is 4.98 Å². The van der Waals surface area contributed by atoms with Crippen molar-refractivity contribution in [2.24, 2.45) is 5.92 Å². The van der Waals surface area contributed by atoms with E-state index in [1.165, 1.54) is 12.8 Å². The summed E-state index contributed by atoms with van der Waals surface area (Å²) in [5.74, 6) is 1.47. The summed E-state index contributed by atoms with van der Waals surface area (Å²) in [5, 5.41) is 1.10. The molecule has 2 atom stereocenters. The van der Waals surface area contributed by atoms with Crippen molar-refractivity contribution in [3.8, 4) is 0 Å². The van der Waals surface area contributed by atoms with E-state index in [1.54, 1.807) is 12.1 Å². The number of likely N-dealkylation sites (tertiary alicyclic amines) is 1. The molecule has 0 saturated carbocycles. The van der Waals surface area contributed by atoms with Crippen LogP contribution in [0.5, 0.6) is 0 Å². The van der Waals surface area contributed by atoms with Crippen molar-refractivity contribution >= 4 is 22.5 Å². The fourth-order valence-electron chi connectivity index (χ4n) is 4.57. The average molecular weight is 405 g/mol. The first-order valence-electron chi connectivity index (χ1n) is 10.2. The van der Waals surface area contributed by atoms with Crippen LogP contribution < -0.4 is 5.56 Å². The lowest BCUT2D eigenvalue weighted by molar-refractivity contribution is -0.0732. The number of benzene rings is 1. The van der Waals surface area contributed by atoms with E-state index < -0.39 is 0 Å². The van der Waals surface area contributed by atoms with Gasteiger partial charge in [0, 0.05) is 24.7 Å². The maximum atomic E-state index is 12.3. The van der Waals surface area contributed by atoms with Gasteiger partial charge in [0.25, 0.3) is 5.56 Å². The second-order valence-electron chi connectivity index (χ2n) is 8.37. The third-order valence-electron chi connectivity index (χ3n) is 5.81. The molecule has 1 aromatic carbocycles. The lowest BCUT2D eigenvalue weighted by atomic mass is 9.95. The lowest BCUT2D eigenvalue weighted by Crippen LogP contribution is -2.48. The van der Waals surface area contributed by atoms with Gasteiger partial charge in [-0.3, -0.25) is 14.6 Å². The molecule has 152 valence electrons. The van der Waals surface area contributed by atoms with E-state index in [-0.39, 0.29) is 5.56 Å². The molecule has 0 amide bonds.